The summed E-state index contributed by atoms with van der Waals surface area (Å²) in [4.78, 5) is 11.2. The van der Waals surface area contributed by atoms with Crippen molar-refractivity contribution in [2.75, 3.05) is 6.61 Å². The van der Waals surface area contributed by atoms with E-state index in [0.717, 1.165) is 15.6 Å². The molecule has 0 N–H and O–H groups in total. The highest BCUT2D eigenvalue weighted by Gasteiger charge is 2.17. The van der Waals surface area contributed by atoms with Crippen LogP contribution < -0.4 is 0 Å². The van der Waals surface area contributed by atoms with Crippen LogP contribution >= 0.6 is 31.9 Å². The Bertz CT molecular complexity index is 377. The predicted molar refractivity (Wildman–Crippen MR) is 71.9 cm³/mol. The quantitative estimate of drug-likeness (QED) is 0.613. The minimum atomic E-state index is -0.277. The third-order valence-electron chi connectivity index (χ3n) is 2.32. The van der Waals surface area contributed by atoms with Crippen LogP contribution in [0.4, 0.5) is 0 Å². The zero-order valence-electron chi connectivity index (χ0n) is 9.30. The van der Waals surface area contributed by atoms with Gasteiger partial charge in [-0.1, -0.05) is 44.0 Å². The molecule has 0 heterocycles. The molecule has 1 rings (SSSR count). The van der Waals surface area contributed by atoms with Gasteiger partial charge in [0, 0.05) is 4.47 Å². The van der Waals surface area contributed by atoms with Crippen molar-refractivity contribution in [3.8, 4) is 0 Å². The molecule has 0 aliphatic carbocycles. The highest BCUT2D eigenvalue weighted by atomic mass is 79.9. The van der Waals surface area contributed by atoms with Crippen molar-refractivity contribution in [1.29, 1.82) is 0 Å². The lowest BCUT2D eigenvalue weighted by atomic mass is 10.0. The van der Waals surface area contributed by atoms with E-state index in [1.165, 1.54) is 0 Å². The smallest absolute Gasteiger partial charge is 0.320 e. The number of hydrogen-bond donors (Lipinski definition) is 0. The maximum absolute atomic E-state index is 11.5. The van der Waals surface area contributed by atoms with Gasteiger partial charge in [0.15, 0.2) is 0 Å². The Balaban J connectivity index is 2.73. The number of ether oxygens (including phenoxy) is 1. The number of carbonyl (C=O) groups is 1. The lowest BCUT2D eigenvalue weighted by Gasteiger charge is -2.11. The van der Waals surface area contributed by atoms with E-state index < -0.39 is 0 Å². The molecule has 1 aromatic rings. The average molecular weight is 350 g/mol. The summed E-state index contributed by atoms with van der Waals surface area (Å²) in [6.45, 7) is 4.25. The fourth-order valence-corrected chi connectivity index (χ4v) is 2.27. The molecule has 1 atom stereocenters. The van der Waals surface area contributed by atoms with Crippen LogP contribution in [0.1, 0.15) is 18.1 Å². The summed E-state index contributed by atoms with van der Waals surface area (Å²) in [5, 5.41) is 0. The summed E-state index contributed by atoms with van der Waals surface area (Å²) in [6.07, 6.45) is 0.643. The Labute approximate surface area is 113 Å². The van der Waals surface area contributed by atoms with Gasteiger partial charge in [-0.05, 0) is 37.5 Å². The van der Waals surface area contributed by atoms with Gasteiger partial charge in [0.25, 0.3) is 0 Å². The highest BCUT2D eigenvalue weighted by Crippen LogP contribution is 2.22. The van der Waals surface area contributed by atoms with Crippen LogP contribution in [0.5, 0.6) is 0 Å². The minimum Gasteiger partial charge on any atom is -0.465 e. The lowest BCUT2D eigenvalue weighted by molar-refractivity contribution is -0.142. The normalized spacial score (nSPS) is 12.2. The van der Waals surface area contributed by atoms with Crippen molar-refractivity contribution < 1.29 is 9.53 Å². The molecule has 0 amide bonds. The van der Waals surface area contributed by atoms with Gasteiger partial charge in [-0.3, -0.25) is 4.79 Å². The van der Waals surface area contributed by atoms with Crippen LogP contribution in [0.2, 0.25) is 0 Å². The standard InChI is InChI=1S/C12H14Br2O2/c1-3-16-12(15)11(14)7-9-5-4-6-10(13)8(9)2/h4-6,11H,3,7H2,1-2H3. The van der Waals surface area contributed by atoms with Gasteiger partial charge >= 0.3 is 5.97 Å². The molecule has 0 aliphatic rings. The second-order valence-electron chi connectivity index (χ2n) is 3.45. The van der Waals surface area contributed by atoms with Crippen molar-refractivity contribution in [3.05, 3.63) is 33.8 Å². The zero-order valence-corrected chi connectivity index (χ0v) is 12.5. The summed E-state index contributed by atoms with van der Waals surface area (Å²) in [5.74, 6) is -0.207. The third kappa shape index (κ3) is 3.59. The molecule has 4 heteroatoms. The van der Waals surface area contributed by atoms with Crippen LogP contribution in [0.25, 0.3) is 0 Å². The Morgan fingerprint density at radius 3 is 2.81 bits per heavy atom. The molecular formula is C12H14Br2O2. The Morgan fingerprint density at radius 2 is 2.19 bits per heavy atom. The van der Waals surface area contributed by atoms with Gasteiger partial charge in [0.05, 0.1) is 6.61 Å². The number of benzene rings is 1. The van der Waals surface area contributed by atoms with E-state index in [1.54, 1.807) is 0 Å². The fraction of sp³-hybridized carbons (Fsp3) is 0.417. The second-order valence-corrected chi connectivity index (χ2v) is 5.41. The van der Waals surface area contributed by atoms with E-state index in [2.05, 4.69) is 31.9 Å². The molecular weight excluding hydrogens is 336 g/mol. The first kappa shape index (κ1) is 13.7. The van der Waals surface area contributed by atoms with Gasteiger partial charge in [-0.25, -0.2) is 0 Å². The van der Waals surface area contributed by atoms with Crippen LogP contribution in [-0.2, 0) is 16.0 Å². The van der Waals surface area contributed by atoms with Crippen molar-refractivity contribution >= 4 is 37.8 Å². The number of esters is 1. The first-order chi connectivity index (χ1) is 7.56. The van der Waals surface area contributed by atoms with Crippen molar-refractivity contribution in [3.63, 3.8) is 0 Å². The monoisotopic (exact) mass is 348 g/mol. The van der Waals surface area contributed by atoms with Gasteiger partial charge in [-0.15, -0.1) is 0 Å². The summed E-state index contributed by atoms with van der Waals surface area (Å²) in [7, 11) is 0. The molecule has 0 aromatic heterocycles. The first-order valence-electron chi connectivity index (χ1n) is 5.11. The minimum absolute atomic E-state index is 0.207. The third-order valence-corrected chi connectivity index (χ3v) is 3.88. The maximum Gasteiger partial charge on any atom is 0.320 e. The molecule has 0 saturated carbocycles. The molecule has 0 fully saturated rings. The van der Waals surface area contributed by atoms with Crippen LogP contribution in [0, 0.1) is 6.92 Å². The van der Waals surface area contributed by atoms with Crippen molar-refractivity contribution in [1.82, 2.24) is 0 Å². The van der Waals surface area contributed by atoms with Crippen LogP contribution in [0.3, 0.4) is 0 Å². The Hall–Kier alpha value is -0.350. The fourth-order valence-electron chi connectivity index (χ4n) is 1.38. The molecule has 1 unspecified atom stereocenters. The molecule has 0 radical (unpaired) electrons. The van der Waals surface area contributed by atoms with E-state index in [1.807, 2.05) is 32.0 Å². The summed E-state index contributed by atoms with van der Waals surface area (Å²) in [5.41, 5.74) is 2.31. The van der Waals surface area contributed by atoms with Gasteiger partial charge < -0.3 is 4.74 Å². The number of hydrogen-bond acceptors (Lipinski definition) is 2. The summed E-state index contributed by atoms with van der Waals surface area (Å²) in [6, 6.07) is 5.98. The van der Waals surface area contributed by atoms with Crippen LogP contribution in [-0.4, -0.2) is 17.4 Å². The highest BCUT2D eigenvalue weighted by molar-refractivity contribution is 9.10. The average Bonchev–Trinajstić information content (AvgIpc) is 2.25. The van der Waals surface area contributed by atoms with E-state index in [0.29, 0.717) is 13.0 Å². The molecule has 1 aromatic carbocycles. The first-order valence-corrected chi connectivity index (χ1v) is 6.81. The number of rotatable bonds is 4. The van der Waals surface area contributed by atoms with Crippen molar-refractivity contribution in [2.24, 2.45) is 0 Å². The van der Waals surface area contributed by atoms with E-state index in [-0.39, 0.29) is 10.8 Å². The summed E-state index contributed by atoms with van der Waals surface area (Å²) >= 11 is 6.82. The zero-order chi connectivity index (χ0) is 12.1. The molecule has 2 nitrogen and oxygen atoms in total. The predicted octanol–water partition coefficient (Wildman–Crippen LogP) is 3.63. The molecule has 88 valence electrons. The Morgan fingerprint density at radius 1 is 1.50 bits per heavy atom. The summed E-state index contributed by atoms with van der Waals surface area (Å²) < 4.78 is 6.01. The molecule has 0 spiro atoms. The number of alkyl halides is 1. The molecule has 0 bridgehead atoms. The molecule has 0 aliphatic heterocycles. The van der Waals surface area contributed by atoms with E-state index >= 15 is 0 Å². The number of halogens is 2. The van der Waals surface area contributed by atoms with Crippen molar-refractivity contribution in [2.45, 2.75) is 25.1 Å². The van der Waals surface area contributed by atoms with Gasteiger partial charge in [0.2, 0.25) is 0 Å². The Kier molecular flexibility index (Phi) is 5.49. The maximum atomic E-state index is 11.5. The largest absolute Gasteiger partial charge is 0.465 e. The molecule has 0 saturated heterocycles. The van der Waals surface area contributed by atoms with Crippen LogP contribution in [0.15, 0.2) is 22.7 Å². The van der Waals surface area contributed by atoms with E-state index in [9.17, 15) is 4.79 Å². The second kappa shape index (κ2) is 6.40. The lowest BCUT2D eigenvalue weighted by Crippen LogP contribution is -2.20. The van der Waals surface area contributed by atoms with Gasteiger partial charge in [-0.2, -0.15) is 0 Å². The molecule has 16 heavy (non-hydrogen) atoms. The SMILES string of the molecule is CCOC(=O)C(Br)Cc1cccc(Br)c1C. The van der Waals surface area contributed by atoms with Gasteiger partial charge in [0.1, 0.15) is 4.83 Å². The topological polar surface area (TPSA) is 26.3 Å². The number of carbonyl (C=O) groups excluding carboxylic acids is 1. The van der Waals surface area contributed by atoms with E-state index in [4.69, 9.17) is 4.74 Å².